The topological polar surface area (TPSA) is 59.1 Å². The highest BCUT2D eigenvalue weighted by Crippen LogP contribution is 2.49. The lowest BCUT2D eigenvalue weighted by Crippen LogP contribution is -2.52. The maximum atomic E-state index is 13.1. The van der Waals surface area contributed by atoms with Crippen LogP contribution in [0.1, 0.15) is 21.5 Å². The molecule has 2 heterocycles. The number of rotatable bonds is 6. The van der Waals surface area contributed by atoms with E-state index in [0.29, 0.717) is 36.9 Å². The number of amides is 2. The molecule has 0 aromatic heterocycles. The van der Waals surface area contributed by atoms with Crippen LogP contribution in [0.2, 0.25) is 5.02 Å². The average Bonchev–Trinajstić information content (AvgIpc) is 3.22. The van der Waals surface area contributed by atoms with Gasteiger partial charge in [0.25, 0.3) is 11.8 Å². The number of halogens is 1. The van der Waals surface area contributed by atoms with E-state index in [1.54, 1.807) is 29.0 Å². The smallest absolute Gasteiger partial charge is 0.256 e. The maximum absolute atomic E-state index is 13.1. The highest BCUT2D eigenvalue weighted by atomic mass is 35.5. The first kappa shape index (κ1) is 18.9. The number of ether oxygens (including phenoxy) is 2. The summed E-state index contributed by atoms with van der Waals surface area (Å²) in [5, 5.41) is 0.600. The van der Waals surface area contributed by atoms with Crippen LogP contribution in [-0.4, -0.2) is 61.6 Å². The monoisotopic (exact) mass is 400 g/mol. The Morgan fingerprint density at radius 2 is 1.86 bits per heavy atom. The molecule has 1 atom stereocenters. The van der Waals surface area contributed by atoms with Crippen LogP contribution in [0.25, 0.3) is 0 Å². The van der Waals surface area contributed by atoms with Gasteiger partial charge >= 0.3 is 0 Å². The second-order valence-electron chi connectivity index (χ2n) is 6.77. The number of fused-ring (bicyclic) bond motifs is 3. The minimum atomic E-state index is -0.972. The maximum Gasteiger partial charge on any atom is 0.256 e. The molecule has 0 bridgehead atoms. The molecule has 0 saturated carbocycles. The predicted octanol–water partition coefficient (Wildman–Crippen LogP) is 2.50. The molecule has 0 spiro atoms. The van der Waals surface area contributed by atoms with Gasteiger partial charge in [0, 0.05) is 41.9 Å². The van der Waals surface area contributed by atoms with Crippen molar-refractivity contribution in [3.63, 3.8) is 0 Å². The van der Waals surface area contributed by atoms with Crippen molar-refractivity contribution in [2.24, 2.45) is 0 Å². The first-order chi connectivity index (χ1) is 13.6. The Hall–Kier alpha value is -2.41. The number of hydrogen-bond donors (Lipinski definition) is 0. The molecule has 1 fully saturated rings. The molecule has 2 amide bonds. The van der Waals surface area contributed by atoms with E-state index in [1.165, 1.54) is 0 Å². The van der Waals surface area contributed by atoms with Gasteiger partial charge in [-0.3, -0.25) is 9.59 Å². The lowest BCUT2D eigenvalue weighted by Gasteiger charge is -2.40. The third-order valence-electron chi connectivity index (χ3n) is 5.31. The lowest BCUT2D eigenvalue weighted by atomic mass is 9.90. The van der Waals surface area contributed by atoms with Gasteiger partial charge in [0.15, 0.2) is 5.66 Å². The zero-order valence-electron chi connectivity index (χ0n) is 15.6. The van der Waals surface area contributed by atoms with E-state index >= 15 is 0 Å². The molecule has 6 nitrogen and oxygen atoms in total. The molecule has 146 valence electrons. The van der Waals surface area contributed by atoms with Crippen LogP contribution in [0.15, 0.2) is 48.5 Å². The zero-order valence-corrected chi connectivity index (χ0v) is 16.3. The zero-order chi connectivity index (χ0) is 19.7. The fraction of sp³-hybridized carbons (Fsp3) is 0.333. The summed E-state index contributed by atoms with van der Waals surface area (Å²) in [4.78, 5) is 29.7. The summed E-state index contributed by atoms with van der Waals surface area (Å²) in [6.07, 6.45) is 0. The molecule has 2 aromatic carbocycles. The van der Waals surface area contributed by atoms with Gasteiger partial charge in [-0.25, -0.2) is 0 Å². The molecule has 2 aliphatic heterocycles. The quantitative estimate of drug-likeness (QED) is 0.699. The molecule has 4 rings (SSSR count). The summed E-state index contributed by atoms with van der Waals surface area (Å²) >= 11 is 6.09. The molecular weight excluding hydrogens is 380 g/mol. The number of carbonyl (C=O) groups excluding carboxylic acids is 2. The Balaban J connectivity index is 1.79. The van der Waals surface area contributed by atoms with E-state index in [4.69, 9.17) is 21.1 Å². The van der Waals surface area contributed by atoms with Crippen molar-refractivity contribution in [3.05, 3.63) is 70.2 Å². The molecule has 7 heteroatoms. The highest BCUT2D eigenvalue weighted by molar-refractivity contribution is 6.30. The van der Waals surface area contributed by atoms with Crippen LogP contribution in [-0.2, 0) is 19.9 Å². The van der Waals surface area contributed by atoms with Crippen molar-refractivity contribution in [1.29, 1.82) is 0 Å². The summed E-state index contributed by atoms with van der Waals surface area (Å²) < 4.78 is 10.4. The number of hydrogen-bond acceptors (Lipinski definition) is 4. The Bertz CT molecular complexity index is 902. The third-order valence-corrected chi connectivity index (χ3v) is 5.56. The molecule has 2 aromatic rings. The van der Waals surface area contributed by atoms with Crippen molar-refractivity contribution in [1.82, 2.24) is 9.80 Å². The Labute approximate surface area is 168 Å². The number of nitrogens with zero attached hydrogens (tertiary/aromatic N) is 2. The highest BCUT2D eigenvalue weighted by Gasteiger charge is 2.59. The molecule has 0 radical (unpaired) electrons. The average molecular weight is 401 g/mol. The third kappa shape index (κ3) is 2.80. The summed E-state index contributed by atoms with van der Waals surface area (Å²) in [6.45, 7) is 1.59. The number of benzene rings is 2. The molecule has 2 aliphatic rings. The number of carbonyl (C=O) groups is 2. The Kier molecular flexibility index (Phi) is 5.10. The van der Waals surface area contributed by atoms with Crippen LogP contribution >= 0.6 is 11.6 Å². The van der Waals surface area contributed by atoms with Gasteiger partial charge < -0.3 is 19.3 Å². The van der Waals surface area contributed by atoms with Crippen LogP contribution in [0, 0.1) is 0 Å². The standard InChI is InChI=1S/C21H21ClN2O4/c1-27-12-13-28-14-19(25)23-10-11-24-20(26)17-4-2-3-5-18(17)21(23,24)15-6-8-16(22)9-7-15/h2-9H,10-14H2,1H3. The van der Waals surface area contributed by atoms with Crippen LogP contribution in [0.3, 0.4) is 0 Å². The summed E-state index contributed by atoms with van der Waals surface area (Å²) in [5.74, 6) is -0.237. The second-order valence-corrected chi connectivity index (χ2v) is 7.21. The molecule has 1 unspecified atom stereocenters. The van der Waals surface area contributed by atoms with E-state index in [1.807, 2.05) is 36.4 Å². The number of methoxy groups -OCH3 is 1. The van der Waals surface area contributed by atoms with E-state index in [9.17, 15) is 9.59 Å². The largest absolute Gasteiger partial charge is 0.382 e. The van der Waals surface area contributed by atoms with Gasteiger partial charge in [0.05, 0.1) is 13.2 Å². The molecular formula is C21H21ClN2O4. The van der Waals surface area contributed by atoms with Gasteiger partial charge in [0.1, 0.15) is 6.61 Å². The van der Waals surface area contributed by atoms with Gasteiger partial charge in [-0.1, -0.05) is 41.9 Å². The SMILES string of the molecule is COCCOCC(=O)N1CCN2C(=O)c3ccccc3C12c1ccc(Cl)cc1. The first-order valence-corrected chi connectivity index (χ1v) is 9.53. The lowest BCUT2D eigenvalue weighted by molar-refractivity contribution is -0.142. The predicted molar refractivity (Wildman–Crippen MR) is 104 cm³/mol. The molecule has 0 aliphatic carbocycles. The summed E-state index contributed by atoms with van der Waals surface area (Å²) in [7, 11) is 1.58. The van der Waals surface area contributed by atoms with Crippen LogP contribution in [0.5, 0.6) is 0 Å². The fourth-order valence-corrected chi connectivity index (χ4v) is 4.29. The Morgan fingerprint density at radius 3 is 2.61 bits per heavy atom. The summed E-state index contributed by atoms with van der Waals surface area (Å²) in [6, 6.07) is 14.8. The van der Waals surface area contributed by atoms with E-state index in [-0.39, 0.29) is 18.4 Å². The van der Waals surface area contributed by atoms with Gasteiger partial charge in [0.2, 0.25) is 0 Å². The normalized spacial score (nSPS) is 20.4. The minimum Gasteiger partial charge on any atom is -0.382 e. The van der Waals surface area contributed by atoms with E-state index < -0.39 is 5.66 Å². The van der Waals surface area contributed by atoms with Crippen LogP contribution < -0.4 is 0 Å². The molecule has 28 heavy (non-hydrogen) atoms. The molecule has 0 N–H and O–H groups in total. The van der Waals surface area contributed by atoms with Gasteiger partial charge in [-0.15, -0.1) is 0 Å². The van der Waals surface area contributed by atoms with Gasteiger partial charge in [-0.05, 0) is 18.2 Å². The summed E-state index contributed by atoms with van der Waals surface area (Å²) in [5.41, 5.74) is 1.29. The van der Waals surface area contributed by atoms with Crippen molar-refractivity contribution < 1.29 is 19.1 Å². The van der Waals surface area contributed by atoms with Crippen molar-refractivity contribution in [2.45, 2.75) is 5.66 Å². The molecule has 1 saturated heterocycles. The van der Waals surface area contributed by atoms with Gasteiger partial charge in [-0.2, -0.15) is 0 Å². The minimum absolute atomic E-state index is 0.0666. The second kappa shape index (κ2) is 7.54. The first-order valence-electron chi connectivity index (χ1n) is 9.15. The fourth-order valence-electron chi connectivity index (χ4n) is 4.16. The Morgan fingerprint density at radius 1 is 1.11 bits per heavy atom. The van der Waals surface area contributed by atoms with E-state index in [2.05, 4.69) is 0 Å². The van der Waals surface area contributed by atoms with E-state index in [0.717, 1.165) is 11.1 Å². The van der Waals surface area contributed by atoms with Crippen molar-refractivity contribution in [2.75, 3.05) is 40.0 Å². The van der Waals surface area contributed by atoms with Crippen molar-refractivity contribution >= 4 is 23.4 Å². The van der Waals surface area contributed by atoms with Crippen LogP contribution in [0.4, 0.5) is 0 Å². The van der Waals surface area contributed by atoms with Crippen molar-refractivity contribution in [3.8, 4) is 0 Å².